The van der Waals surface area contributed by atoms with Crippen LogP contribution in [-0.2, 0) is 33.4 Å². The third-order valence-electron chi connectivity index (χ3n) is 4.90. The summed E-state index contributed by atoms with van der Waals surface area (Å²) in [4.78, 5) is 51.1. The van der Waals surface area contributed by atoms with Gasteiger partial charge in [-0.05, 0) is 44.7 Å². The molecule has 0 spiro atoms. The van der Waals surface area contributed by atoms with E-state index in [2.05, 4.69) is 0 Å². The number of hydrogen-bond donors (Lipinski definition) is 0. The van der Waals surface area contributed by atoms with Crippen molar-refractivity contribution in [2.45, 2.75) is 44.4 Å². The van der Waals surface area contributed by atoms with E-state index in [9.17, 15) is 23.6 Å². The first-order valence-electron chi connectivity index (χ1n) is 10.7. The van der Waals surface area contributed by atoms with Crippen LogP contribution in [0.1, 0.15) is 39.5 Å². The Balaban J connectivity index is 2.41. The van der Waals surface area contributed by atoms with Crippen molar-refractivity contribution in [2.75, 3.05) is 37.6 Å². The van der Waals surface area contributed by atoms with Crippen molar-refractivity contribution >= 4 is 52.8 Å². The fourth-order valence-electron chi connectivity index (χ4n) is 3.37. The average molecular weight is 516 g/mol. The van der Waals surface area contributed by atoms with E-state index >= 15 is 0 Å². The first-order valence-corrected chi connectivity index (χ1v) is 12.1. The zero-order valence-corrected chi connectivity index (χ0v) is 20.9. The lowest BCUT2D eigenvalue weighted by Gasteiger charge is -2.25. The number of anilines is 1. The second kappa shape index (κ2) is 13.5. The summed E-state index contributed by atoms with van der Waals surface area (Å²) in [7, 11) is 1.47. The molecular weight excluding hydrogens is 489 g/mol. The summed E-state index contributed by atoms with van der Waals surface area (Å²) < 4.78 is 29.8. The molecule has 0 aliphatic heterocycles. The lowest BCUT2D eigenvalue weighted by molar-refractivity contribution is -0.141. The van der Waals surface area contributed by atoms with Gasteiger partial charge in [0.15, 0.2) is 0 Å². The summed E-state index contributed by atoms with van der Waals surface area (Å²) >= 11 is 7.11. The number of carbonyl (C=O) groups excluding carboxylic acids is 4. The van der Waals surface area contributed by atoms with Gasteiger partial charge in [0.25, 0.3) is 5.91 Å². The van der Waals surface area contributed by atoms with Gasteiger partial charge in [0.1, 0.15) is 12.4 Å². The second-order valence-corrected chi connectivity index (χ2v) is 8.70. The van der Waals surface area contributed by atoms with Gasteiger partial charge in [-0.3, -0.25) is 14.4 Å². The molecule has 0 unspecified atom stereocenters. The molecule has 0 N–H and O–H groups in total. The Bertz CT molecular complexity index is 982. The molecule has 34 heavy (non-hydrogen) atoms. The lowest BCUT2D eigenvalue weighted by atomic mass is 9.90. The number of amides is 2. The number of rotatable bonds is 10. The fraction of sp³-hybridized carbons (Fsp3) is 0.478. The quantitative estimate of drug-likeness (QED) is 0.261. The third kappa shape index (κ3) is 7.28. The van der Waals surface area contributed by atoms with Crippen LogP contribution < -0.4 is 4.90 Å². The van der Waals surface area contributed by atoms with Gasteiger partial charge < -0.3 is 14.2 Å². The van der Waals surface area contributed by atoms with Gasteiger partial charge in [0.05, 0.1) is 29.7 Å². The van der Waals surface area contributed by atoms with Gasteiger partial charge in [-0.25, -0.2) is 14.1 Å². The highest BCUT2D eigenvalue weighted by molar-refractivity contribution is 8.00. The molecule has 1 aliphatic rings. The summed E-state index contributed by atoms with van der Waals surface area (Å²) in [6.45, 7) is 3.22. The smallest absolute Gasteiger partial charge is 0.334 e. The SMILES string of the molecule is CCOC(=O)CSc1cc(N(C(C)=O)C(=O)C2=C(C(=O)OCCOC)CCCC2)c(F)cc1Cl. The number of thioether (sulfide) groups is 1. The van der Waals surface area contributed by atoms with E-state index < -0.39 is 29.6 Å². The van der Waals surface area contributed by atoms with Crippen LogP contribution >= 0.6 is 23.4 Å². The summed E-state index contributed by atoms with van der Waals surface area (Å²) in [5.41, 5.74) is -0.0396. The Labute approximate surface area is 206 Å². The molecule has 0 radical (unpaired) electrons. The molecule has 186 valence electrons. The van der Waals surface area contributed by atoms with Crippen LogP contribution in [0.25, 0.3) is 0 Å². The Morgan fingerprint density at radius 1 is 1.09 bits per heavy atom. The van der Waals surface area contributed by atoms with Gasteiger partial charge in [-0.2, -0.15) is 0 Å². The molecule has 11 heteroatoms. The second-order valence-electron chi connectivity index (χ2n) is 7.28. The van der Waals surface area contributed by atoms with Crippen molar-refractivity contribution < 1.29 is 37.8 Å². The van der Waals surface area contributed by atoms with E-state index in [1.54, 1.807) is 6.92 Å². The van der Waals surface area contributed by atoms with Crippen molar-refractivity contribution in [2.24, 2.45) is 0 Å². The molecule has 0 aromatic heterocycles. The number of esters is 2. The summed E-state index contributed by atoms with van der Waals surface area (Å²) in [5, 5.41) is 0.0193. The van der Waals surface area contributed by atoms with E-state index in [-0.39, 0.29) is 53.9 Å². The van der Waals surface area contributed by atoms with Crippen LogP contribution in [0.2, 0.25) is 5.02 Å². The fourth-order valence-corrected chi connectivity index (χ4v) is 4.43. The number of imide groups is 1. The van der Waals surface area contributed by atoms with Gasteiger partial charge in [-0.1, -0.05) is 11.6 Å². The number of ether oxygens (including phenoxy) is 3. The lowest BCUT2D eigenvalue weighted by Crippen LogP contribution is -2.38. The van der Waals surface area contributed by atoms with Gasteiger partial charge in [-0.15, -0.1) is 11.8 Å². The first-order chi connectivity index (χ1) is 16.2. The zero-order valence-electron chi connectivity index (χ0n) is 19.3. The molecule has 0 bridgehead atoms. The molecule has 0 heterocycles. The van der Waals surface area contributed by atoms with Crippen LogP contribution in [0.5, 0.6) is 0 Å². The highest BCUT2D eigenvalue weighted by Crippen LogP contribution is 2.36. The molecule has 0 fully saturated rings. The number of hydrogen-bond acceptors (Lipinski definition) is 8. The molecule has 1 aromatic rings. The van der Waals surface area contributed by atoms with Crippen LogP contribution in [0.4, 0.5) is 10.1 Å². The van der Waals surface area contributed by atoms with Crippen LogP contribution in [0.3, 0.4) is 0 Å². The van der Waals surface area contributed by atoms with Crippen LogP contribution in [0, 0.1) is 5.82 Å². The molecular formula is C23H27ClFNO7S. The molecule has 8 nitrogen and oxygen atoms in total. The van der Waals surface area contributed by atoms with Gasteiger partial charge in [0.2, 0.25) is 5.91 Å². The zero-order chi connectivity index (χ0) is 25.3. The number of halogens is 2. The Hall–Kier alpha value is -2.43. The normalized spacial score (nSPS) is 13.4. The van der Waals surface area contributed by atoms with Crippen molar-refractivity contribution in [1.29, 1.82) is 0 Å². The maximum atomic E-state index is 14.9. The minimum absolute atomic E-state index is 0.0174. The van der Waals surface area contributed by atoms with Crippen LogP contribution in [-0.4, -0.2) is 56.4 Å². The van der Waals surface area contributed by atoms with E-state index in [1.807, 2.05) is 0 Å². The Morgan fingerprint density at radius 2 is 1.76 bits per heavy atom. The minimum atomic E-state index is -0.894. The number of carbonyl (C=O) groups is 4. The Kier molecular flexibility index (Phi) is 11.0. The summed E-state index contributed by atoms with van der Waals surface area (Å²) in [5.74, 6) is -3.67. The average Bonchev–Trinajstić information content (AvgIpc) is 2.79. The van der Waals surface area contributed by atoms with E-state index in [0.29, 0.717) is 29.1 Å². The van der Waals surface area contributed by atoms with Crippen molar-refractivity contribution in [3.8, 4) is 0 Å². The molecule has 0 atom stereocenters. The number of methoxy groups -OCH3 is 1. The summed E-state index contributed by atoms with van der Waals surface area (Å²) in [6, 6.07) is 2.21. The van der Waals surface area contributed by atoms with Crippen molar-refractivity contribution in [3.05, 3.63) is 34.1 Å². The highest BCUT2D eigenvalue weighted by atomic mass is 35.5. The highest BCUT2D eigenvalue weighted by Gasteiger charge is 2.32. The maximum absolute atomic E-state index is 14.9. The van der Waals surface area contributed by atoms with Crippen LogP contribution in [0.15, 0.2) is 28.2 Å². The maximum Gasteiger partial charge on any atom is 0.334 e. The predicted molar refractivity (Wildman–Crippen MR) is 125 cm³/mol. The monoisotopic (exact) mass is 515 g/mol. The molecule has 2 amide bonds. The molecule has 1 aromatic carbocycles. The van der Waals surface area contributed by atoms with Gasteiger partial charge in [0, 0.05) is 30.1 Å². The van der Waals surface area contributed by atoms with Gasteiger partial charge >= 0.3 is 11.9 Å². The van der Waals surface area contributed by atoms with E-state index in [0.717, 1.165) is 24.8 Å². The Morgan fingerprint density at radius 3 is 2.38 bits per heavy atom. The standard InChI is InChI=1S/C23H27ClFNO7S/c1-4-32-21(28)13-34-20-12-19(18(25)11-17(20)24)26(14(2)27)22(29)15-7-5-6-8-16(15)23(30)33-10-9-31-3/h11-12H,4-10,13H2,1-3H3. The largest absolute Gasteiger partial charge is 0.465 e. The third-order valence-corrected chi connectivity index (χ3v) is 6.36. The minimum Gasteiger partial charge on any atom is -0.465 e. The first kappa shape index (κ1) is 27.8. The number of benzene rings is 1. The summed E-state index contributed by atoms with van der Waals surface area (Å²) in [6.07, 6.45) is 1.86. The van der Waals surface area contributed by atoms with Crippen molar-refractivity contribution in [1.82, 2.24) is 0 Å². The van der Waals surface area contributed by atoms with E-state index in [1.165, 1.54) is 13.2 Å². The molecule has 2 rings (SSSR count). The van der Waals surface area contributed by atoms with Crippen molar-refractivity contribution in [3.63, 3.8) is 0 Å². The topological polar surface area (TPSA) is 99.2 Å². The molecule has 0 saturated heterocycles. The van der Waals surface area contributed by atoms with E-state index in [4.69, 9.17) is 25.8 Å². The molecule has 0 saturated carbocycles. The predicted octanol–water partition coefficient (Wildman–Crippen LogP) is 4.07. The molecule has 1 aliphatic carbocycles. The number of nitrogens with zero attached hydrogens (tertiary/aromatic N) is 1.